The standard InChI is InChI=1S/C14H24N4O/c1-2-5-12-13(15)16-10-17-14(12)18-8-3-6-11(18)7-4-9-19/h10-11,19H,2-9H2,1H3,(H2,15,16,17). The molecular formula is C14H24N4O. The molecule has 0 bridgehead atoms. The van der Waals surface area contributed by atoms with E-state index in [1.165, 1.54) is 12.8 Å². The fourth-order valence-corrected chi connectivity index (χ4v) is 2.90. The van der Waals surface area contributed by atoms with Gasteiger partial charge >= 0.3 is 0 Å². The highest BCUT2D eigenvalue weighted by molar-refractivity contribution is 5.57. The Kier molecular flexibility index (Phi) is 4.96. The number of nitrogen functional groups attached to an aromatic ring is 1. The van der Waals surface area contributed by atoms with Crippen molar-refractivity contribution in [3.63, 3.8) is 0 Å². The van der Waals surface area contributed by atoms with E-state index < -0.39 is 0 Å². The predicted octanol–water partition coefficient (Wildman–Crippen LogP) is 1.75. The van der Waals surface area contributed by atoms with E-state index in [1.54, 1.807) is 6.33 Å². The highest BCUT2D eigenvalue weighted by Crippen LogP contribution is 2.31. The maximum absolute atomic E-state index is 9.00. The van der Waals surface area contributed by atoms with Gasteiger partial charge in [0.25, 0.3) is 0 Å². The summed E-state index contributed by atoms with van der Waals surface area (Å²) in [6, 6.07) is 0.483. The summed E-state index contributed by atoms with van der Waals surface area (Å²) in [5.41, 5.74) is 7.09. The molecule has 1 aromatic heterocycles. The van der Waals surface area contributed by atoms with Crippen LogP contribution in [-0.4, -0.2) is 34.3 Å². The summed E-state index contributed by atoms with van der Waals surface area (Å²) in [4.78, 5) is 10.9. The van der Waals surface area contributed by atoms with Crippen LogP contribution in [0.5, 0.6) is 0 Å². The quantitative estimate of drug-likeness (QED) is 0.818. The molecule has 1 fully saturated rings. The molecule has 0 aromatic carbocycles. The molecule has 0 amide bonds. The molecular weight excluding hydrogens is 240 g/mol. The molecule has 2 rings (SSSR count). The van der Waals surface area contributed by atoms with Crippen LogP contribution in [-0.2, 0) is 6.42 Å². The van der Waals surface area contributed by atoms with Crippen LogP contribution in [0, 0.1) is 0 Å². The van der Waals surface area contributed by atoms with Crippen LogP contribution in [0.2, 0.25) is 0 Å². The van der Waals surface area contributed by atoms with Crippen LogP contribution >= 0.6 is 0 Å². The zero-order valence-corrected chi connectivity index (χ0v) is 11.7. The minimum absolute atomic E-state index is 0.262. The lowest BCUT2D eigenvalue weighted by Crippen LogP contribution is -2.31. The van der Waals surface area contributed by atoms with Gasteiger partial charge in [0, 0.05) is 24.8 Å². The summed E-state index contributed by atoms with van der Waals surface area (Å²) in [6.45, 7) is 3.44. The normalized spacial score (nSPS) is 19.1. The Morgan fingerprint density at radius 1 is 1.47 bits per heavy atom. The second-order valence-electron chi connectivity index (χ2n) is 5.17. The van der Waals surface area contributed by atoms with Gasteiger partial charge in [-0.2, -0.15) is 0 Å². The Balaban J connectivity index is 2.22. The number of nitrogens with zero attached hydrogens (tertiary/aromatic N) is 3. The molecule has 106 valence electrons. The number of aromatic nitrogens is 2. The Morgan fingerprint density at radius 3 is 3.05 bits per heavy atom. The van der Waals surface area contributed by atoms with Crippen molar-refractivity contribution in [2.75, 3.05) is 23.8 Å². The molecule has 0 aliphatic carbocycles. The van der Waals surface area contributed by atoms with E-state index in [4.69, 9.17) is 10.8 Å². The minimum atomic E-state index is 0.262. The lowest BCUT2D eigenvalue weighted by Gasteiger charge is -2.27. The molecule has 5 nitrogen and oxygen atoms in total. The van der Waals surface area contributed by atoms with Crippen LogP contribution in [0.1, 0.15) is 44.6 Å². The van der Waals surface area contributed by atoms with E-state index in [2.05, 4.69) is 21.8 Å². The average Bonchev–Trinajstić information content (AvgIpc) is 2.87. The second-order valence-corrected chi connectivity index (χ2v) is 5.17. The lowest BCUT2D eigenvalue weighted by molar-refractivity contribution is 0.279. The van der Waals surface area contributed by atoms with E-state index in [-0.39, 0.29) is 6.61 Å². The molecule has 1 atom stereocenters. The average molecular weight is 264 g/mol. The van der Waals surface area contributed by atoms with Gasteiger partial charge in [-0.25, -0.2) is 9.97 Å². The maximum Gasteiger partial charge on any atom is 0.137 e. The van der Waals surface area contributed by atoms with E-state index in [0.717, 1.165) is 43.6 Å². The highest BCUT2D eigenvalue weighted by atomic mass is 16.2. The number of nitrogens with two attached hydrogens (primary N) is 1. The first kappa shape index (κ1) is 14.1. The molecule has 1 aliphatic heterocycles. The molecule has 2 heterocycles. The number of anilines is 2. The van der Waals surface area contributed by atoms with Gasteiger partial charge in [0.1, 0.15) is 18.0 Å². The molecule has 1 saturated heterocycles. The predicted molar refractivity (Wildman–Crippen MR) is 77.1 cm³/mol. The zero-order valence-electron chi connectivity index (χ0n) is 11.7. The number of aliphatic hydroxyl groups excluding tert-OH is 1. The zero-order chi connectivity index (χ0) is 13.7. The fraction of sp³-hybridized carbons (Fsp3) is 0.714. The van der Waals surface area contributed by atoms with Crippen LogP contribution in [0.4, 0.5) is 11.6 Å². The van der Waals surface area contributed by atoms with Gasteiger partial charge in [-0.05, 0) is 32.1 Å². The van der Waals surface area contributed by atoms with Gasteiger partial charge in [-0.15, -0.1) is 0 Å². The smallest absolute Gasteiger partial charge is 0.137 e. The van der Waals surface area contributed by atoms with Gasteiger partial charge in [0.2, 0.25) is 0 Å². The third kappa shape index (κ3) is 3.15. The van der Waals surface area contributed by atoms with Gasteiger partial charge in [0.05, 0.1) is 0 Å². The molecule has 0 radical (unpaired) electrons. The largest absolute Gasteiger partial charge is 0.396 e. The molecule has 0 spiro atoms. The van der Waals surface area contributed by atoms with Gasteiger partial charge < -0.3 is 15.7 Å². The summed E-state index contributed by atoms with van der Waals surface area (Å²) in [5, 5.41) is 9.00. The van der Waals surface area contributed by atoms with Crippen molar-refractivity contribution in [3.8, 4) is 0 Å². The second kappa shape index (κ2) is 6.70. The van der Waals surface area contributed by atoms with Crippen molar-refractivity contribution in [1.82, 2.24) is 9.97 Å². The molecule has 1 aromatic rings. The summed E-state index contributed by atoms with van der Waals surface area (Å²) in [6.07, 6.45) is 7.76. The van der Waals surface area contributed by atoms with Crippen LogP contribution in [0.15, 0.2) is 6.33 Å². The highest BCUT2D eigenvalue weighted by Gasteiger charge is 2.27. The number of hydrogen-bond donors (Lipinski definition) is 2. The van der Waals surface area contributed by atoms with Crippen LogP contribution in [0.3, 0.4) is 0 Å². The van der Waals surface area contributed by atoms with Gasteiger partial charge in [-0.3, -0.25) is 0 Å². The van der Waals surface area contributed by atoms with Crippen molar-refractivity contribution in [1.29, 1.82) is 0 Å². The summed E-state index contributed by atoms with van der Waals surface area (Å²) in [7, 11) is 0. The third-order valence-corrected chi connectivity index (χ3v) is 3.80. The Hall–Kier alpha value is -1.36. The summed E-state index contributed by atoms with van der Waals surface area (Å²) in [5.74, 6) is 1.62. The number of hydrogen-bond acceptors (Lipinski definition) is 5. The lowest BCUT2D eigenvalue weighted by atomic mass is 10.1. The third-order valence-electron chi connectivity index (χ3n) is 3.80. The molecule has 1 aliphatic rings. The maximum atomic E-state index is 9.00. The molecule has 19 heavy (non-hydrogen) atoms. The monoisotopic (exact) mass is 264 g/mol. The Bertz CT molecular complexity index is 410. The summed E-state index contributed by atoms with van der Waals surface area (Å²) >= 11 is 0. The van der Waals surface area contributed by atoms with E-state index in [0.29, 0.717) is 11.9 Å². The van der Waals surface area contributed by atoms with Gasteiger partial charge in [0.15, 0.2) is 0 Å². The first-order valence-corrected chi connectivity index (χ1v) is 7.24. The van der Waals surface area contributed by atoms with Crippen molar-refractivity contribution in [2.24, 2.45) is 0 Å². The van der Waals surface area contributed by atoms with Gasteiger partial charge in [-0.1, -0.05) is 13.3 Å². The molecule has 1 unspecified atom stereocenters. The van der Waals surface area contributed by atoms with Crippen molar-refractivity contribution < 1.29 is 5.11 Å². The first-order valence-electron chi connectivity index (χ1n) is 7.24. The van der Waals surface area contributed by atoms with Crippen molar-refractivity contribution in [3.05, 3.63) is 11.9 Å². The first-order chi connectivity index (χ1) is 9.27. The Labute approximate surface area is 114 Å². The van der Waals surface area contributed by atoms with E-state index in [9.17, 15) is 0 Å². The minimum Gasteiger partial charge on any atom is -0.396 e. The van der Waals surface area contributed by atoms with Crippen LogP contribution in [0.25, 0.3) is 0 Å². The van der Waals surface area contributed by atoms with Crippen molar-refractivity contribution >= 4 is 11.6 Å². The number of rotatable bonds is 6. The fourth-order valence-electron chi connectivity index (χ4n) is 2.90. The molecule has 0 saturated carbocycles. The van der Waals surface area contributed by atoms with E-state index >= 15 is 0 Å². The molecule has 3 N–H and O–H groups in total. The van der Waals surface area contributed by atoms with E-state index in [1.807, 2.05) is 0 Å². The SMILES string of the molecule is CCCc1c(N)ncnc1N1CCCC1CCCO. The number of aliphatic hydroxyl groups is 1. The van der Waals surface area contributed by atoms with Crippen LogP contribution < -0.4 is 10.6 Å². The molecule has 5 heteroatoms. The van der Waals surface area contributed by atoms with Crippen molar-refractivity contribution in [2.45, 2.75) is 51.5 Å². The topological polar surface area (TPSA) is 75.3 Å². The summed E-state index contributed by atoms with van der Waals surface area (Å²) < 4.78 is 0. The Morgan fingerprint density at radius 2 is 2.32 bits per heavy atom.